The van der Waals surface area contributed by atoms with Crippen LogP contribution in [0.1, 0.15) is 17.2 Å². The number of benzene rings is 2. The monoisotopic (exact) mass is 393 g/mol. The van der Waals surface area contributed by atoms with Gasteiger partial charge in [0.15, 0.2) is 11.5 Å². The van der Waals surface area contributed by atoms with Crippen molar-refractivity contribution < 1.29 is 27.7 Å². The molecule has 0 aliphatic carbocycles. The van der Waals surface area contributed by atoms with Crippen molar-refractivity contribution in [2.75, 3.05) is 28.4 Å². The fourth-order valence-electron chi connectivity index (χ4n) is 3.49. The summed E-state index contributed by atoms with van der Waals surface area (Å²) >= 11 is 0. The third kappa shape index (κ3) is 3.13. The van der Waals surface area contributed by atoms with E-state index in [1.807, 2.05) is 0 Å². The minimum atomic E-state index is -3.69. The Morgan fingerprint density at radius 1 is 1.00 bits per heavy atom. The number of aliphatic hydroxyl groups excluding tert-OH is 1. The van der Waals surface area contributed by atoms with E-state index in [4.69, 9.17) is 14.2 Å². The smallest absolute Gasteiger partial charge is 0.243 e. The average Bonchev–Trinajstić information content (AvgIpc) is 2.69. The maximum atomic E-state index is 12.9. The van der Waals surface area contributed by atoms with Gasteiger partial charge in [-0.1, -0.05) is 24.3 Å². The maximum Gasteiger partial charge on any atom is 0.243 e. The zero-order valence-electron chi connectivity index (χ0n) is 15.7. The van der Waals surface area contributed by atoms with Gasteiger partial charge in [0.2, 0.25) is 15.8 Å². The summed E-state index contributed by atoms with van der Waals surface area (Å²) in [5, 5.41) is 10.9. The summed E-state index contributed by atoms with van der Waals surface area (Å²) < 4.78 is 43.1. The van der Waals surface area contributed by atoms with E-state index >= 15 is 0 Å². The van der Waals surface area contributed by atoms with Gasteiger partial charge in [-0.15, -0.1) is 0 Å². The molecule has 1 heterocycles. The summed E-state index contributed by atoms with van der Waals surface area (Å²) in [5.41, 5.74) is 1.11. The lowest BCUT2D eigenvalue weighted by Gasteiger charge is -2.37. The van der Waals surface area contributed by atoms with E-state index in [0.717, 1.165) is 0 Å². The van der Waals surface area contributed by atoms with Crippen molar-refractivity contribution >= 4 is 10.0 Å². The van der Waals surface area contributed by atoms with Gasteiger partial charge in [-0.3, -0.25) is 0 Å². The first-order valence-corrected chi connectivity index (χ1v) is 9.83. The first kappa shape index (κ1) is 19.5. The fraction of sp³-hybridized carbons (Fsp3) is 0.368. The number of hydrogen-bond acceptors (Lipinski definition) is 6. The SMILES string of the molecule is COc1ccc(C[C@H]2[C@H](O)c3ccccc3S(=O)(=O)N2C)c(OC)c1OC. The highest BCUT2D eigenvalue weighted by Crippen LogP contribution is 2.43. The van der Waals surface area contributed by atoms with Gasteiger partial charge in [0.25, 0.3) is 0 Å². The molecular weight excluding hydrogens is 370 g/mol. The molecule has 0 fully saturated rings. The molecule has 0 spiro atoms. The third-order valence-corrected chi connectivity index (χ3v) is 6.90. The Morgan fingerprint density at radius 2 is 1.67 bits per heavy atom. The topological polar surface area (TPSA) is 85.3 Å². The summed E-state index contributed by atoms with van der Waals surface area (Å²) in [6.07, 6.45) is -0.720. The molecule has 146 valence electrons. The van der Waals surface area contributed by atoms with Gasteiger partial charge in [-0.05, 0) is 24.1 Å². The summed E-state index contributed by atoms with van der Waals surface area (Å²) in [7, 11) is 2.33. The molecule has 2 aromatic rings. The molecule has 0 saturated carbocycles. The fourth-order valence-corrected chi connectivity index (χ4v) is 5.08. The summed E-state index contributed by atoms with van der Waals surface area (Å²) in [6, 6.07) is 9.35. The molecule has 3 rings (SSSR count). The Hall–Kier alpha value is -2.29. The lowest BCUT2D eigenvalue weighted by Crippen LogP contribution is -2.46. The van der Waals surface area contributed by atoms with Crippen molar-refractivity contribution in [1.82, 2.24) is 4.31 Å². The summed E-state index contributed by atoms with van der Waals surface area (Å²) in [6.45, 7) is 0. The normalized spacial score (nSPS) is 21.4. The molecule has 7 nitrogen and oxygen atoms in total. The van der Waals surface area contributed by atoms with Crippen molar-refractivity contribution in [1.29, 1.82) is 0 Å². The number of likely N-dealkylation sites (N-methyl/N-ethyl adjacent to an activating group) is 1. The molecular formula is C19H23NO6S. The van der Waals surface area contributed by atoms with Gasteiger partial charge < -0.3 is 19.3 Å². The first-order valence-electron chi connectivity index (χ1n) is 8.39. The molecule has 2 aromatic carbocycles. The van der Waals surface area contributed by atoms with Crippen LogP contribution in [-0.4, -0.2) is 52.2 Å². The standard InChI is InChI=1S/C19H23NO6S/c1-20-14(17(21)13-7-5-6-8-16(13)27(20,22)23)11-12-9-10-15(24-2)19(26-4)18(12)25-3/h5-10,14,17,21H,11H2,1-4H3/t14-,17+/m0/s1. The Labute approximate surface area is 159 Å². The molecule has 0 saturated heterocycles. The number of aliphatic hydroxyl groups is 1. The van der Waals surface area contributed by atoms with E-state index < -0.39 is 22.2 Å². The van der Waals surface area contributed by atoms with E-state index in [1.54, 1.807) is 30.3 Å². The molecule has 0 amide bonds. The number of methoxy groups -OCH3 is 3. The van der Waals surface area contributed by atoms with Gasteiger partial charge >= 0.3 is 0 Å². The van der Waals surface area contributed by atoms with Gasteiger partial charge in [-0.25, -0.2) is 8.42 Å². The van der Waals surface area contributed by atoms with Gasteiger partial charge in [0, 0.05) is 12.6 Å². The molecule has 0 bridgehead atoms. The van der Waals surface area contributed by atoms with E-state index in [-0.39, 0.29) is 11.3 Å². The second-order valence-electron chi connectivity index (χ2n) is 6.27. The minimum Gasteiger partial charge on any atom is -0.493 e. The Morgan fingerprint density at radius 3 is 2.30 bits per heavy atom. The average molecular weight is 393 g/mol. The van der Waals surface area contributed by atoms with Crippen molar-refractivity contribution in [3.05, 3.63) is 47.5 Å². The van der Waals surface area contributed by atoms with E-state index in [9.17, 15) is 13.5 Å². The van der Waals surface area contributed by atoms with Gasteiger partial charge in [0.1, 0.15) is 0 Å². The highest BCUT2D eigenvalue weighted by Gasteiger charge is 2.41. The van der Waals surface area contributed by atoms with Crippen LogP contribution in [0.15, 0.2) is 41.3 Å². The lowest BCUT2D eigenvalue weighted by molar-refractivity contribution is 0.0888. The molecule has 0 radical (unpaired) electrons. The number of nitrogens with zero attached hydrogens (tertiary/aromatic N) is 1. The maximum absolute atomic E-state index is 12.9. The molecule has 27 heavy (non-hydrogen) atoms. The molecule has 0 unspecified atom stereocenters. The molecule has 2 atom stereocenters. The van der Waals surface area contributed by atoms with Crippen molar-refractivity contribution in [2.45, 2.75) is 23.5 Å². The number of rotatable bonds is 5. The Bertz CT molecular complexity index is 943. The summed E-state index contributed by atoms with van der Waals surface area (Å²) in [5.74, 6) is 1.39. The number of sulfonamides is 1. The van der Waals surface area contributed by atoms with Crippen LogP contribution in [0.4, 0.5) is 0 Å². The Kier molecular flexibility index (Phi) is 5.32. The summed E-state index contributed by atoms with van der Waals surface area (Å²) in [4.78, 5) is 0.135. The van der Waals surface area contributed by atoms with Crippen LogP contribution in [0.2, 0.25) is 0 Å². The third-order valence-electron chi connectivity index (χ3n) is 4.94. The van der Waals surface area contributed by atoms with Crippen LogP contribution in [0.25, 0.3) is 0 Å². The highest BCUT2D eigenvalue weighted by molar-refractivity contribution is 7.89. The van der Waals surface area contributed by atoms with Gasteiger partial charge in [-0.2, -0.15) is 4.31 Å². The van der Waals surface area contributed by atoms with Crippen LogP contribution in [0.3, 0.4) is 0 Å². The second-order valence-corrected chi connectivity index (χ2v) is 8.23. The second kappa shape index (κ2) is 7.38. The molecule has 1 N–H and O–H groups in total. The zero-order chi connectivity index (χ0) is 19.8. The largest absolute Gasteiger partial charge is 0.493 e. The van der Waals surface area contributed by atoms with Crippen molar-refractivity contribution in [2.24, 2.45) is 0 Å². The van der Waals surface area contributed by atoms with Crippen LogP contribution < -0.4 is 14.2 Å². The Balaban J connectivity index is 2.06. The van der Waals surface area contributed by atoms with Crippen LogP contribution in [0.5, 0.6) is 17.2 Å². The molecule has 0 aromatic heterocycles. The molecule has 8 heteroatoms. The number of fused-ring (bicyclic) bond motifs is 1. The van der Waals surface area contributed by atoms with Crippen LogP contribution >= 0.6 is 0 Å². The van der Waals surface area contributed by atoms with Crippen molar-refractivity contribution in [3.8, 4) is 17.2 Å². The number of hydrogen-bond donors (Lipinski definition) is 1. The molecule has 1 aliphatic rings. The van der Waals surface area contributed by atoms with E-state index in [1.165, 1.54) is 38.7 Å². The predicted molar refractivity (Wildman–Crippen MR) is 99.9 cm³/mol. The van der Waals surface area contributed by atoms with E-state index in [0.29, 0.717) is 28.4 Å². The first-order chi connectivity index (χ1) is 12.9. The zero-order valence-corrected chi connectivity index (χ0v) is 16.5. The van der Waals surface area contributed by atoms with Gasteiger partial charge in [0.05, 0.1) is 38.4 Å². The highest BCUT2D eigenvalue weighted by atomic mass is 32.2. The van der Waals surface area contributed by atoms with Crippen LogP contribution in [0, 0.1) is 0 Å². The quantitative estimate of drug-likeness (QED) is 0.836. The predicted octanol–water partition coefficient (Wildman–Crippen LogP) is 1.99. The minimum absolute atomic E-state index is 0.135. The van der Waals surface area contributed by atoms with Crippen molar-refractivity contribution in [3.63, 3.8) is 0 Å². The van der Waals surface area contributed by atoms with Crippen LogP contribution in [-0.2, 0) is 16.4 Å². The molecule has 1 aliphatic heterocycles. The lowest BCUT2D eigenvalue weighted by atomic mass is 9.95. The van der Waals surface area contributed by atoms with E-state index in [2.05, 4.69) is 0 Å². The number of ether oxygens (including phenoxy) is 3.